The Balaban J connectivity index is 1.84. The second-order valence-corrected chi connectivity index (χ2v) is 5.74. The summed E-state index contributed by atoms with van der Waals surface area (Å²) in [5.74, 6) is 0.651. The SMILES string of the molecule is CCCCOC(=O)N(C)C1(COc2ccc(Cl)nc2)CC1. The first kappa shape index (κ1) is 15.9. The van der Waals surface area contributed by atoms with Crippen LogP contribution in [0.2, 0.25) is 5.15 Å². The molecule has 1 aliphatic carbocycles. The summed E-state index contributed by atoms with van der Waals surface area (Å²) in [6.07, 6.45) is 5.05. The molecule has 0 unspecified atom stereocenters. The van der Waals surface area contributed by atoms with Gasteiger partial charge in [0.05, 0.1) is 18.3 Å². The highest BCUT2D eigenvalue weighted by Crippen LogP contribution is 2.41. The highest BCUT2D eigenvalue weighted by Gasteiger charge is 2.50. The normalized spacial score (nSPS) is 15.4. The maximum absolute atomic E-state index is 12.0. The Bertz CT molecular complexity index is 474. The number of likely N-dealkylation sites (N-methyl/N-ethyl adjacent to an activating group) is 1. The van der Waals surface area contributed by atoms with Crippen LogP contribution in [0.1, 0.15) is 32.6 Å². The first-order valence-corrected chi connectivity index (χ1v) is 7.60. The number of ether oxygens (including phenoxy) is 2. The van der Waals surface area contributed by atoms with Crippen LogP contribution in [0.3, 0.4) is 0 Å². The number of unbranched alkanes of at least 4 members (excludes halogenated alkanes) is 1. The Kier molecular flexibility index (Phi) is 5.28. The van der Waals surface area contributed by atoms with E-state index in [9.17, 15) is 4.79 Å². The predicted octanol–water partition coefficient (Wildman–Crippen LogP) is 3.51. The first-order valence-electron chi connectivity index (χ1n) is 7.22. The van der Waals surface area contributed by atoms with Gasteiger partial charge in [-0.25, -0.2) is 9.78 Å². The standard InChI is InChI=1S/C15H21ClN2O3/c1-3-4-9-20-14(19)18(2)15(7-8-15)11-21-12-5-6-13(16)17-10-12/h5-6,10H,3-4,7-9,11H2,1-2H3. The van der Waals surface area contributed by atoms with E-state index in [0.717, 1.165) is 25.7 Å². The maximum atomic E-state index is 12.0. The lowest BCUT2D eigenvalue weighted by Gasteiger charge is -2.27. The summed E-state index contributed by atoms with van der Waals surface area (Å²) in [5.41, 5.74) is -0.247. The Morgan fingerprint density at radius 2 is 2.24 bits per heavy atom. The molecule has 0 aromatic carbocycles. The van der Waals surface area contributed by atoms with Gasteiger partial charge in [0.1, 0.15) is 17.5 Å². The number of pyridine rings is 1. The van der Waals surface area contributed by atoms with Gasteiger partial charge in [-0.3, -0.25) is 0 Å². The number of carbonyl (C=O) groups is 1. The molecule has 0 spiro atoms. The van der Waals surface area contributed by atoms with Gasteiger partial charge >= 0.3 is 6.09 Å². The number of amides is 1. The van der Waals surface area contributed by atoms with Crippen molar-refractivity contribution in [2.75, 3.05) is 20.3 Å². The lowest BCUT2D eigenvalue weighted by Crippen LogP contribution is -2.43. The topological polar surface area (TPSA) is 51.7 Å². The molecule has 0 bridgehead atoms. The zero-order chi connectivity index (χ0) is 15.3. The third-order valence-corrected chi connectivity index (χ3v) is 3.97. The molecule has 21 heavy (non-hydrogen) atoms. The maximum Gasteiger partial charge on any atom is 0.410 e. The molecule has 0 N–H and O–H groups in total. The van der Waals surface area contributed by atoms with Crippen molar-refractivity contribution >= 4 is 17.7 Å². The van der Waals surface area contributed by atoms with Gasteiger partial charge in [0.2, 0.25) is 0 Å². The predicted molar refractivity (Wildman–Crippen MR) is 80.7 cm³/mol. The number of nitrogens with zero attached hydrogens (tertiary/aromatic N) is 2. The van der Waals surface area contributed by atoms with Gasteiger partial charge in [0.15, 0.2) is 0 Å². The molecule has 116 valence electrons. The van der Waals surface area contributed by atoms with E-state index in [4.69, 9.17) is 21.1 Å². The summed E-state index contributed by atoms with van der Waals surface area (Å²) < 4.78 is 11.0. The van der Waals surface area contributed by atoms with Crippen molar-refractivity contribution in [2.24, 2.45) is 0 Å². The largest absolute Gasteiger partial charge is 0.490 e. The number of halogens is 1. The van der Waals surface area contributed by atoms with Gasteiger partial charge in [0, 0.05) is 7.05 Å². The first-order chi connectivity index (χ1) is 10.1. The molecule has 1 aliphatic rings. The second kappa shape index (κ2) is 6.98. The third-order valence-electron chi connectivity index (χ3n) is 3.74. The van der Waals surface area contributed by atoms with Crippen LogP contribution in [-0.2, 0) is 4.74 Å². The van der Waals surface area contributed by atoms with Gasteiger partial charge in [-0.2, -0.15) is 0 Å². The van der Waals surface area contributed by atoms with Gasteiger partial charge in [0.25, 0.3) is 0 Å². The molecule has 1 aromatic rings. The van der Waals surface area contributed by atoms with Crippen LogP contribution in [0.25, 0.3) is 0 Å². The summed E-state index contributed by atoms with van der Waals surface area (Å²) in [6, 6.07) is 3.45. The van der Waals surface area contributed by atoms with E-state index in [1.54, 1.807) is 30.3 Å². The van der Waals surface area contributed by atoms with Crippen LogP contribution in [0, 0.1) is 0 Å². The number of rotatable bonds is 7. The smallest absolute Gasteiger partial charge is 0.410 e. The highest BCUT2D eigenvalue weighted by atomic mass is 35.5. The number of hydrogen-bond acceptors (Lipinski definition) is 4. The Labute approximate surface area is 130 Å². The molecular weight excluding hydrogens is 292 g/mol. The van der Waals surface area contributed by atoms with E-state index in [1.165, 1.54) is 0 Å². The molecule has 1 amide bonds. The Morgan fingerprint density at radius 1 is 1.48 bits per heavy atom. The monoisotopic (exact) mass is 312 g/mol. The summed E-state index contributed by atoms with van der Waals surface area (Å²) in [7, 11) is 1.77. The van der Waals surface area contributed by atoms with Gasteiger partial charge in [-0.05, 0) is 31.4 Å². The molecule has 5 nitrogen and oxygen atoms in total. The summed E-state index contributed by atoms with van der Waals surface area (Å²) in [6.45, 7) is 2.97. The van der Waals surface area contributed by atoms with Crippen LogP contribution in [0.4, 0.5) is 4.79 Å². The van der Waals surface area contributed by atoms with E-state index in [2.05, 4.69) is 11.9 Å². The van der Waals surface area contributed by atoms with Crippen LogP contribution in [-0.4, -0.2) is 41.8 Å². The number of hydrogen-bond donors (Lipinski definition) is 0. The zero-order valence-corrected chi connectivity index (χ0v) is 13.2. The van der Waals surface area contributed by atoms with Crippen molar-refractivity contribution in [3.05, 3.63) is 23.5 Å². The molecule has 1 heterocycles. The second-order valence-electron chi connectivity index (χ2n) is 5.36. The van der Waals surface area contributed by atoms with Crippen molar-refractivity contribution < 1.29 is 14.3 Å². The summed E-state index contributed by atoms with van der Waals surface area (Å²) in [5, 5.41) is 0.431. The molecule has 2 rings (SSSR count). The average molecular weight is 313 g/mol. The van der Waals surface area contributed by atoms with Crippen LogP contribution in [0.15, 0.2) is 18.3 Å². The van der Waals surface area contributed by atoms with Gasteiger partial charge in [-0.1, -0.05) is 24.9 Å². The summed E-state index contributed by atoms with van der Waals surface area (Å²) >= 11 is 5.73. The van der Waals surface area contributed by atoms with Crippen molar-refractivity contribution in [3.8, 4) is 5.75 Å². The van der Waals surface area contributed by atoms with Crippen molar-refractivity contribution in [3.63, 3.8) is 0 Å². The highest BCUT2D eigenvalue weighted by molar-refractivity contribution is 6.29. The third kappa shape index (κ3) is 4.24. The lowest BCUT2D eigenvalue weighted by atomic mass is 10.2. The van der Waals surface area contributed by atoms with Crippen LogP contribution >= 0.6 is 11.6 Å². The van der Waals surface area contributed by atoms with E-state index in [-0.39, 0.29) is 11.6 Å². The molecule has 1 saturated carbocycles. The lowest BCUT2D eigenvalue weighted by molar-refractivity contribution is 0.0766. The van der Waals surface area contributed by atoms with Gasteiger partial charge in [-0.15, -0.1) is 0 Å². The number of aromatic nitrogens is 1. The van der Waals surface area contributed by atoms with Crippen molar-refractivity contribution in [1.29, 1.82) is 0 Å². The van der Waals surface area contributed by atoms with Gasteiger partial charge < -0.3 is 14.4 Å². The van der Waals surface area contributed by atoms with E-state index in [0.29, 0.717) is 24.1 Å². The fourth-order valence-corrected chi connectivity index (χ4v) is 2.09. The quantitative estimate of drug-likeness (QED) is 0.571. The average Bonchev–Trinajstić information content (AvgIpc) is 3.27. The minimum atomic E-state index is -0.279. The Hall–Kier alpha value is -1.49. The van der Waals surface area contributed by atoms with E-state index < -0.39 is 0 Å². The molecule has 0 atom stereocenters. The number of carbonyl (C=O) groups excluding carboxylic acids is 1. The molecular formula is C15H21ClN2O3. The van der Waals surface area contributed by atoms with E-state index >= 15 is 0 Å². The fraction of sp³-hybridized carbons (Fsp3) is 0.600. The molecule has 1 fully saturated rings. The van der Waals surface area contributed by atoms with Crippen LogP contribution in [0.5, 0.6) is 5.75 Å². The minimum absolute atomic E-state index is 0.247. The summed E-state index contributed by atoms with van der Waals surface area (Å²) in [4.78, 5) is 17.6. The zero-order valence-electron chi connectivity index (χ0n) is 12.5. The Morgan fingerprint density at radius 3 is 2.81 bits per heavy atom. The minimum Gasteiger partial charge on any atom is -0.490 e. The van der Waals surface area contributed by atoms with Crippen molar-refractivity contribution in [2.45, 2.75) is 38.1 Å². The molecule has 6 heteroatoms. The van der Waals surface area contributed by atoms with E-state index in [1.807, 2.05) is 0 Å². The molecule has 0 saturated heterocycles. The van der Waals surface area contributed by atoms with Crippen molar-refractivity contribution in [1.82, 2.24) is 9.88 Å². The molecule has 0 aliphatic heterocycles. The molecule has 0 radical (unpaired) electrons. The fourth-order valence-electron chi connectivity index (χ4n) is 1.98. The van der Waals surface area contributed by atoms with Crippen LogP contribution < -0.4 is 4.74 Å². The molecule has 1 aromatic heterocycles.